The molecule has 0 radical (unpaired) electrons. The summed E-state index contributed by atoms with van der Waals surface area (Å²) in [6.45, 7) is 2.19. The second-order valence-corrected chi connectivity index (χ2v) is 5.25. The molecule has 2 aromatic rings. The van der Waals surface area contributed by atoms with Crippen molar-refractivity contribution < 1.29 is 0 Å². The first-order valence-electron chi connectivity index (χ1n) is 6.21. The van der Waals surface area contributed by atoms with Gasteiger partial charge in [-0.2, -0.15) is 0 Å². The van der Waals surface area contributed by atoms with Gasteiger partial charge in [0.15, 0.2) is 0 Å². The van der Waals surface area contributed by atoms with Crippen molar-refractivity contribution in [2.24, 2.45) is 7.05 Å². The van der Waals surface area contributed by atoms with Gasteiger partial charge in [-0.3, -0.25) is 0 Å². The smallest absolute Gasteiger partial charge is 0.0535 e. The molecule has 0 spiro atoms. The number of aryl methyl sites for hydroxylation is 1. The molecule has 1 aliphatic rings. The molecule has 0 saturated carbocycles. The number of fused-ring (bicyclic) bond motifs is 1. The summed E-state index contributed by atoms with van der Waals surface area (Å²) in [5.74, 6) is 0.570. The fourth-order valence-electron chi connectivity index (χ4n) is 2.76. The molecule has 1 atom stereocenters. The Labute approximate surface area is 107 Å². The van der Waals surface area contributed by atoms with E-state index in [9.17, 15) is 0 Å². The number of hydrogen-bond donors (Lipinski definition) is 1. The lowest BCUT2D eigenvalue weighted by molar-refractivity contribution is 0.462. The van der Waals surface area contributed by atoms with E-state index in [-0.39, 0.29) is 0 Å². The number of hydrogen-bond acceptors (Lipinski definition) is 1. The highest BCUT2D eigenvalue weighted by atomic mass is 35.5. The minimum atomic E-state index is 0.570. The highest BCUT2D eigenvalue weighted by Gasteiger charge is 2.19. The Bertz CT molecular complexity index is 538. The third-order valence-corrected chi connectivity index (χ3v) is 4.19. The van der Waals surface area contributed by atoms with Crippen molar-refractivity contribution in [3.63, 3.8) is 0 Å². The lowest BCUT2D eigenvalue weighted by atomic mass is 9.91. The first-order valence-corrected chi connectivity index (χ1v) is 6.59. The molecule has 2 heterocycles. The lowest BCUT2D eigenvalue weighted by Gasteiger charge is -2.24. The van der Waals surface area contributed by atoms with Crippen LogP contribution >= 0.6 is 11.6 Å². The van der Waals surface area contributed by atoms with Gasteiger partial charge in [0.2, 0.25) is 0 Å². The molecule has 1 fully saturated rings. The Kier molecular flexibility index (Phi) is 2.85. The maximum Gasteiger partial charge on any atom is 0.0535 e. The van der Waals surface area contributed by atoms with Gasteiger partial charge in [-0.25, -0.2) is 0 Å². The predicted molar refractivity (Wildman–Crippen MR) is 72.8 cm³/mol. The average molecular weight is 249 g/mol. The molecular weight excluding hydrogens is 232 g/mol. The topological polar surface area (TPSA) is 17.0 Å². The Hall–Kier alpha value is -0.990. The third kappa shape index (κ3) is 1.85. The van der Waals surface area contributed by atoms with Crippen LogP contribution in [0.25, 0.3) is 10.9 Å². The van der Waals surface area contributed by atoms with E-state index in [2.05, 4.69) is 41.3 Å². The van der Waals surface area contributed by atoms with Crippen molar-refractivity contribution in [2.75, 3.05) is 13.1 Å². The highest BCUT2D eigenvalue weighted by molar-refractivity contribution is 6.36. The summed E-state index contributed by atoms with van der Waals surface area (Å²) in [5.41, 5.74) is 2.51. The number of aromatic nitrogens is 1. The van der Waals surface area contributed by atoms with Crippen LogP contribution < -0.4 is 5.32 Å². The van der Waals surface area contributed by atoms with Crippen LogP contribution in [0, 0.1) is 0 Å². The number of piperidine rings is 1. The first kappa shape index (κ1) is 11.1. The van der Waals surface area contributed by atoms with E-state index in [1.165, 1.54) is 29.3 Å². The molecule has 1 aromatic carbocycles. The molecule has 1 aliphatic heterocycles. The van der Waals surface area contributed by atoms with Crippen LogP contribution in [-0.2, 0) is 7.05 Å². The molecule has 0 aliphatic carbocycles. The zero-order valence-corrected chi connectivity index (χ0v) is 10.8. The summed E-state index contributed by atoms with van der Waals surface area (Å²) in [7, 11) is 2.06. The van der Waals surface area contributed by atoms with Gasteiger partial charge in [-0.15, -0.1) is 0 Å². The number of halogens is 1. The molecule has 1 saturated heterocycles. The summed E-state index contributed by atoms with van der Waals surface area (Å²) in [4.78, 5) is 0. The molecule has 17 heavy (non-hydrogen) atoms. The zero-order valence-electron chi connectivity index (χ0n) is 10.0. The van der Waals surface area contributed by atoms with Crippen LogP contribution in [0.4, 0.5) is 0 Å². The van der Waals surface area contributed by atoms with Crippen LogP contribution in [-0.4, -0.2) is 17.7 Å². The van der Waals surface area contributed by atoms with Crippen molar-refractivity contribution in [3.8, 4) is 0 Å². The number of benzene rings is 1. The largest absolute Gasteiger partial charge is 0.351 e. The normalized spacial score (nSPS) is 20.9. The monoisotopic (exact) mass is 248 g/mol. The molecule has 0 bridgehead atoms. The minimum absolute atomic E-state index is 0.570. The van der Waals surface area contributed by atoms with Crippen molar-refractivity contribution in [3.05, 3.63) is 35.0 Å². The summed E-state index contributed by atoms with van der Waals surface area (Å²) in [5, 5.41) is 5.57. The highest BCUT2D eigenvalue weighted by Crippen LogP contribution is 2.34. The van der Waals surface area contributed by atoms with Crippen LogP contribution in [0.5, 0.6) is 0 Å². The van der Waals surface area contributed by atoms with Gasteiger partial charge < -0.3 is 9.88 Å². The van der Waals surface area contributed by atoms with E-state index >= 15 is 0 Å². The summed E-state index contributed by atoms with van der Waals surface area (Å²) < 4.78 is 2.12. The van der Waals surface area contributed by atoms with Gasteiger partial charge in [0.05, 0.1) is 5.02 Å². The molecular formula is C14H17ClN2. The molecule has 90 valence electrons. The van der Waals surface area contributed by atoms with Crippen molar-refractivity contribution in [1.29, 1.82) is 0 Å². The Balaban J connectivity index is 2.07. The average Bonchev–Trinajstić information content (AvgIpc) is 2.74. The fourth-order valence-corrected chi connectivity index (χ4v) is 3.14. The van der Waals surface area contributed by atoms with Gasteiger partial charge in [-0.1, -0.05) is 17.7 Å². The zero-order chi connectivity index (χ0) is 11.8. The van der Waals surface area contributed by atoms with Crippen molar-refractivity contribution >= 4 is 22.5 Å². The van der Waals surface area contributed by atoms with E-state index in [4.69, 9.17) is 11.6 Å². The maximum atomic E-state index is 6.55. The Morgan fingerprint density at radius 2 is 2.24 bits per heavy atom. The standard InChI is InChI=1S/C14H17ClN2/c1-17-8-6-12-13(17)5-4-11(14(12)15)10-3-2-7-16-9-10/h4-6,8,10,16H,2-3,7,9H2,1H3. The van der Waals surface area contributed by atoms with Crippen molar-refractivity contribution in [2.45, 2.75) is 18.8 Å². The number of rotatable bonds is 1. The summed E-state index contributed by atoms with van der Waals surface area (Å²) in [6, 6.07) is 6.49. The van der Waals surface area contributed by atoms with Gasteiger partial charge in [0, 0.05) is 30.7 Å². The second kappa shape index (κ2) is 4.35. The maximum absolute atomic E-state index is 6.55. The van der Waals surface area contributed by atoms with E-state index in [1.807, 2.05) is 0 Å². The molecule has 1 aromatic heterocycles. The van der Waals surface area contributed by atoms with Gasteiger partial charge in [0.1, 0.15) is 0 Å². The lowest BCUT2D eigenvalue weighted by Crippen LogP contribution is -2.28. The summed E-state index contributed by atoms with van der Waals surface area (Å²) in [6.07, 6.45) is 4.55. The van der Waals surface area contributed by atoms with E-state index in [0.717, 1.165) is 18.1 Å². The molecule has 1 N–H and O–H groups in total. The van der Waals surface area contributed by atoms with Crippen molar-refractivity contribution in [1.82, 2.24) is 9.88 Å². The quantitative estimate of drug-likeness (QED) is 0.820. The van der Waals surface area contributed by atoms with Gasteiger partial charge in [0.25, 0.3) is 0 Å². The van der Waals surface area contributed by atoms with Crippen LogP contribution in [0.3, 0.4) is 0 Å². The molecule has 2 nitrogen and oxygen atoms in total. The van der Waals surface area contributed by atoms with E-state index in [1.54, 1.807) is 0 Å². The van der Waals surface area contributed by atoms with Crippen LogP contribution in [0.15, 0.2) is 24.4 Å². The molecule has 3 heteroatoms. The SMILES string of the molecule is Cn1ccc2c(Cl)c(C3CCCNC3)ccc21. The Morgan fingerprint density at radius 1 is 1.35 bits per heavy atom. The molecule has 1 unspecified atom stereocenters. The van der Waals surface area contributed by atoms with Gasteiger partial charge >= 0.3 is 0 Å². The minimum Gasteiger partial charge on any atom is -0.351 e. The third-order valence-electron chi connectivity index (χ3n) is 3.77. The fraction of sp³-hybridized carbons (Fsp3) is 0.429. The van der Waals surface area contributed by atoms with E-state index < -0.39 is 0 Å². The number of nitrogens with zero attached hydrogens (tertiary/aromatic N) is 1. The molecule has 3 rings (SSSR count). The molecule has 0 amide bonds. The first-order chi connectivity index (χ1) is 8.27. The summed E-state index contributed by atoms with van der Waals surface area (Å²) >= 11 is 6.55. The van der Waals surface area contributed by atoms with Gasteiger partial charge in [-0.05, 0) is 43.0 Å². The number of nitrogens with one attached hydrogen (secondary N) is 1. The predicted octanol–water partition coefficient (Wildman–Crippen LogP) is 3.30. The second-order valence-electron chi connectivity index (χ2n) is 4.87. The Morgan fingerprint density at radius 3 is 3.00 bits per heavy atom. The van der Waals surface area contributed by atoms with Crippen LogP contribution in [0.2, 0.25) is 5.02 Å². The van der Waals surface area contributed by atoms with Crippen LogP contribution in [0.1, 0.15) is 24.3 Å². The van der Waals surface area contributed by atoms with E-state index in [0.29, 0.717) is 5.92 Å².